The third-order valence-corrected chi connectivity index (χ3v) is 1.62. The minimum absolute atomic E-state index is 0.723. The van der Waals surface area contributed by atoms with E-state index in [0.717, 1.165) is 12.8 Å². The molecule has 0 saturated carbocycles. The molecule has 0 amide bonds. The lowest BCUT2D eigenvalue weighted by molar-refractivity contribution is 0.103. The molecule has 0 aliphatic rings. The van der Waals surface area contributed by atoms with Crippen LogP contribution >= 0.6 is 0 Å². The Hall–Kier alpha value is -0.780. The van der Waals surface area contributed by atoms with E-state index < -0.39 is 5.60 Å². The molecule has 0 rings (SSSR count). The topological polar surface area (TPSA) is 20.2 Å². The van der Waals surface area contributed by atoms with Gasteiger partial charge in [-0.05, 0) is 39.7 Å². The lowest BCUT2D eigenvalue weighted by Gasteiger charge is -2.16. The zero-order valence-electron chi connectivity index (χ0n) is 8.22. The Labute approximate surface area is 75.1 Å². The second-order valence-corrected chi connectivity index (χ2v) is 3.53. The Morgan fingerprint density at radius 1 is 1.58 bits per heavy atom. The fourth-order valence-electron chi connectivity index (χ4n) is 0.945. The normalized spacial score (nSPS) is 14.3. The summed E-state index contributed by atoms with van der Waals surface area (Å²) < 4.78 is 0. The first kappa shape index (κ1) is 11.2. The van der Waals surface area contributed by atoms with Gasteiger partial charge in [0.15, 0.2) is 0 Å². The largest absolute Gasteiger partial charge is 0.385 e. The van der Waals surface area contributed by atoms with Crippen molar-refractivity contribution in [3.63, 3.8) is 0 Å². The number of hydrogen-bond donors (Lipinski definition) is 1. The van der Waals surface area contributed by atoms with Crippen LogP contribution in [0.4, 0.5) is 0 Å². The SMILES string of the molecule is C=C=C[C@](C)(O)CCC=C(C)C. The van der Waals surface area contributed by atoms with Gasteiger partial charge in [-0.15, -0.1) is 5.73 Å². The van der Waals surface area contributed by atoms with Gasteiger partial charge < -0.3 is 5.11 Å². The number of hydrogen-bond acceptors (Lipinski definition) is 1. The predicted octanol–water partition coefficient (Wildman–Crippen LogP) is 2.82. The lowest BCUT2D eigenvalue weighted by Crippen LogP contribution is -2.19. The van der Waals surface area contributed by atoms with Crippen molar-refractivity contribution in [3.05, 3.63) is 30.0 Å². The lowest BCUT2D eigenvalue weighted by atomic mass is 9.99. The molecule has 68 valence electrons. The summed E-state index contributed by atoms with van der Waals surface area (Å²) in [7, 11) is 0. The standard InChI is InChI=1S/C11H18O/c1-5-8-11(4,12)9-6-7-10(2)3/h7-8,12H,1,6,9H2,2-4H3/t11-/m0/s1. The molecule has 0 radical (unpaired) electrons. The van der Waals surface area contributed by atoms with E-state index in [-0.39, 0.29) is 0 Å². The van der Waals surface area contributed by atoms with Crippen LogP contribution in [0.25, 0.3) is 0 Å². The van der Waals surface area contributed by atoms with E-state index in [4.69, 9.17) is 0 Å². The molecule has 0 fully saturated rings. The summed E-state index contributed by atoms with van der Waals surface area (Å²) in [4.78, 5) is 0. The molecule has 0 heterocycles. The maximum atomic E-state index is 9.64. The molecule has 0 aliphatic carbocycles. The molecule has 1 nitrogen and oxygen atoms in total. The van der Waals surface area contributed by atoms with Gasteiger partial charge in [0.1, 0.15) is 0 Å². The molecule has 0 spiro atoms. The van der Waals surface area contributed by atoms with Crippen molar-refractivity contribution in [1.29, 1.82) is 0 Å². The molecule has 1 heteroatoms. The predicted molar refractivity (Wildman–Crippen MR) is 53.0 cm³/mol. The molecular formula is C11H18O. The summed E-state index contributed by atoms with van der Waals surface area (Å²) in [6.45, 7) is 9.31. The summed E-state index contributed by atoms with van der Waals surface area (Å²) in [6, 6.07) is 0. The Morgan fingerprint density at radius 2 is 2.17 bits per heavy atom. The summed E-state index contributed by atoms with van der Waals surface area (Å²) >= 11 is 0. The van der Waals surface area contributed by atoms with E-state index in [1.54, 1.807) is 13.0 Å². The van der Waals surface area contributed by atoms with Crippen molar-refractivity contribution in [2.24, 2.45) is 0 Å². The first-order chi connectivity index (χ1) is 5.48. The molecule has 0 aliphatic heterocycles. The van der Waals surface area contributed by atoms with Crippen molar-refractivity contribution in [3.8, 4) is 0 Å². The van der Waals surface area contributed by atoms with E-state index in [1.807, 2.05) is 0 Å². The van der Waals surface area contributed by atoms with Crippen LogP contribution in [0.2, 0.25) is 0 Å². The summed E-state index contributed by atoms with van der Waals surface area (Å²) in [6.07, 6.45) is 5.34. The molecule has 1 N–H and O–H groups in total. The van der Waals surface area contributed by atoms with E-state index in [2.05, 4.69) is 32.2 Å². The molecule has 12 heavy (non-hydrogen) atoms. The smallest absolute Gasteiger partial charge is 0.0875 e. The highest BCUT2D eigenvalue weighted by atomic mass is 16.3. The van der Waals surface area contributed by atoms with E-state index in [0.29, 0.717) is 0 Å². The van der Waals surface area contributed by atoms with Crippen molar-refractivity contribution in [2.75, 3.05) is 0 Å². The summed E-state index contributed by atoms with van der Waals surface area (Å²) in [5.41, 5.74) is 3.13. The van der Waals surface area contributed by atoms with Crippen LogP contribution in [0.3, 0.4) is 0 Å². The number of allylic oxidation sites excluding steroid dienone is 2. The van der Waals surface area contributed by atoms with Gasteiger partial charge in [0.25, 0.3) is 0 Å². The Kier molecular flexibility index (Phi) is 4.65. The van der Waals surface area contributed by atoms with Gasteiger partial charge in [0.2, 0.25) is 0 Å². The van der Waals surface area contributed by atoms with Crippen LogP contribution in [-0.4, -0.2) is 10.7 Å². The Morgan fingerprint density at radius 3 is 2.58 bits per heavy atom. The van der Waals surface area contributed by atoms with Gasteiger partial charge in [-0.1, -0.05) is 18.2 Å². The summed E-state index contributed by atoms with van der Waals surface area (Å²) in [5, 5.41) is 9.64. The zero-order chi connectivity index (χ0) is 9.61. The van der Waals surface area contributed by atoms with Crippen LogP contribution in [0, 0.1) is 0 Å². The van der Waals surface area contributed by atoms with Crippen LogP contribution in [0.15, 0.2) is 30.0 Å². The third-order valence-electron chi connectivity index (χ3n) is 1.62. The van der Waals surface area contributed by atoms with Crippen molar-refractivity contribution in [2.45, 2.75) is 39.2 Å². The maximum absolute atomic E-state index is 9.64. The maximum Gasteiger partial charge on any atom is 0.0875 e. The monoisotopic (exact) mass is 166 g/mol. The fraction of sp³-hybridized carbons (Fsp3) is 0.545. The molecule has 1 atom stereocenters. The van der Waals surface area contributed by atoms with Crippen molar-refractivity contribution >= 4 is 0 Å². The molecule has 0 saturated heterocycles. The van der Waals surface area contributed by atoms with Gasteiger partial charge in [-0.3, -0.25) is 0 Å². The Bertz CT molecular complexity index is 201. The number of rotatable bonds is 4. The second-order valence-electron chi connectivity index (χ2n) is 3.53. The average Bonchev–Trinajstić information content (AvgIpc) is 1.85. The van der Waals surface area contributed by atoms with Gasteiger partial charge >= 0.3 is 0 Å². The Balaban J connectivity index is 3.92. The highest BCUT2D eigenvalue weighted by molar-refractivity contribution is 4.99. The second kappa shape index (κ2) is 4.97. The van der Waals surface area contributed by atoms with Crippen LogP contribution in [-0.2, 0) is 0 Å². The van der Waals surface area contributed by atoms with Crippen LogP contribution in [0.1, 0.15) is 33.6 Å². The average molecular weight is 166 g/mol. The van der Waals surface area contributed by atoms with Crippen LogP contribution in [0.5, 0.6) is 0 Å². The van der Waals surface area contributed by atoms with Crippen molar-refractivity contribution in [1.82, 2.24) is 0 Å². The quantitative estimate of drug-likeness (QED) is 0.503. The molecular weight excluding hydrogens is 148 g/mol. The van der Waals surface area contributed by atoms with E-state index in [1.165, 1.54) is 5.57 Å². The highest BCUT2D eigenvalue weighted by Gasteiger charge is 2.13. The zero-order valence-corrected chi connectivity index (χ0v) is 8.22. The summed E-state index contributed by atoms with van der Waals surface area (Å²) in [5.74, 6) is 0. The fourth-order valence-corrected chi connectivity index (χ4v) is 0.945. The molecule has 0 unspecified atom stereocenters. The first-order valence-corrected chi connectivity index (χ1v) is 4.20. The molecule has 0 aromatic heterocycles. The minimum Gasteiger partial charge on any atom is -0.385 e. The highest BCUT2D eigenvalue weighted by Crippen LogP contribution is 2.13. The van der Waals surface area contributed by atoms with Gasteiger partial charge in [0, 0.05) is 0 Å². The third kappa shape index (κ3) is 5.96. The number of aliphatic hydroxyl groups is 1. The van der Waals surface area contributed by atoms with Gasteiger partial charge in [0.05, 0.1) is 5.60 Å². The molecule has 0 aromatic rings. The molecule has 0 bridgehead atoms. The van der Waals surface area contributed by atoms with Crippen molar-refractivity contribution < 1.29 is 5.11 Å². The minimum atomic E-state index is -0.756. The van der Waals surface area contributed by atoms with E-state index in [9.17, 15) is 5.11 Å². The molecule has 0 aromatic carbocycles. The first-order valence-electron chi connectivity index (χ1n) is 4.20. The van der Waals surface area contributed by atoms with E-state index >= 15 is 0 Å². The van der Waals surface area contributed by atoms with Crippen LogP contribution < -0.4 is 0 Å². The van der Waals surface area contributed by atoms with Gasteiger partial charge in [-0.2, -0.15) is 0 Å². The van der Waals surface area contributed by atoms with Gasteiger partial charge in [-0.25, -0.2) is 0 Å².